The first kappa shape index (κ1) is 12.6. The van der Waals surface area contributed by atoms with E-state index in [1.54, 1.807) is 0 Å². The number of Topliss-reactive ketones (excluding diaryl/α,β-unsaturated/α-hetero) is 1. The Morgan fingerprint density at radius 1 is 1.24 bits per heavy atom. The molecule has 4 nitrogen and oxygen atoms in total. The van der Waals surface area contributed by atoms with Crippen LogP contribution in [0.3, 0.4) is 0 Å². The van der Waals surface area contributed by atoms with Gasteiger partial charge in [0, 0.05) is 18.8 Å². The molecule has 2 aliphatic heterocycles. The predicted octanol–water partition coefficient (Wildman–Crippen LogP) is 1.61. The molecule has 0 radical (unpaired) electrons. The van der Waals surface area contributed by atoms with Crippen molar-refractivity contribution in [3.63, 3.8) is 0 Å². The van der Waals surface area contributed by atoms with E-state index in [4.69, 9.17) is 5.26 Å². The third-order valence-corrected chi connectivity index (χ3v) is 6.72. The molecule has 2 saturated heterocycles. The maximum Gasteiger partial charge on any atom is 0.156 e. The average molecular weight is 255 g/mol. The van der Waals surface area contributed by atoms with Crippen LogP contribution in [0.5, 0.6) is 0 Å². The molecule has 2 heterocycles. The summed E-state index contributed by atoms with van der Waals surface area (Å²) < 4.78 is 23.7. The number of hydrogen-bond acceptors (Lipinski definition) is 4. The van der Waals surface area contributed by atoms with Gasteiger partial charge in [-0.1, -0.05) is 0 Å². The molecule has 5 heteroatoms. The second-order valence-corrected chi connectivity index (χ2v) is 7.57. The van der Waals surface area contributed by atoms with Gasteiger partial charge in [-0.25, -0.2) is 8.42 Å². The molecule has 2 atom stereocenters. The lowest BCUT2D eigenvalue weighted by atomic mass is 9.92. The molecule has 17 heavy (non-hydrogen) atoms. The summed E-state index contributed by atoms with van der Waals surface area (Å²) in [4.78, 5) is 11.9. The van der Waals surface area contributed by atoms with Gasteiger partial charge in [0.25, 0.3) is 0 Å². The Kier molecular flexibility index (Phi) is 3.53. The number of nitrogens with zero attached hydrogens (tertiary/aromatic N) is 1. The summed E-state index contributed by atoms with van der Waals surface area (Å²) in [6.45, 7) is 0. The van der Waals surface area contributed by atoms with Crippen molar-refractivity contribution in [2.24, 2.45) is 5.92 Å². The van der Waals surface area contributed by atoms with Gasteiger partial charge in [-0.05, 0) is 32.1 Å². The Balaban J connectivity index is 1.94. The van der Waals surface area contributed by atoms with E-state index in [9.17, 15) is 13.2 Å². The third kappa shape index (κ3) is 2.37. The number of ketones is 1. The molecule has 0 saturated carbocycles. The van der Waals surface area contributed by atoms with Crippen LogP contribution in [-0.4, -0.2) is 24.7 Å². The van der Waals surface area contributed by atoms with E-state index >= 15 is 0 Å². The molecule has 2 aliphatic rings. The van der Waals surface area contributed by atoms with Crippen LogP contribution in [0.15, 0.2) is 0 Å². The van der Waals surface area contributed by atoms with Gasteiger partial charge < -0.3 is 0 Å². The monoisotopic (exact) mass is 255 g/mol. The standard InChI is InChI=1S/C12H17NO3S/c13-6-2-1-3-12(14)9-7-10-4-5-11(8-9)17(10,15)16/h9-11H,1-5,7-8H2. The van der Waals surface area contributed by atoms with E-state index in [0.29, 0.717) is 32.1 Å². The molecule has 0 amide bonds. The second kappa shape index (κ2) is 4.77. The maximum absolute atomic E-state index is 11.9. The fourth-order valence-electron chi connectivity index (χ4n) is 3.02. The number of sulfone groups is 1. The van der Waals surface area contributed by atoms with Gasteiger partial charge in [-0.3, -0.25) is 4.79 Å². The number of carbonyl (C=O) groups is 1. The van der Waals surface area contributed by atoms with Crippen LogP contribution < -0.4 is 0 Å². The van der Waals surface area contributed by atoms with Gasteiger partial charge in [0.1, 0.15) is 5.78 Å². The zero-order valence-electron chi connectivity index (χ0n) is 9.76. The number of fused-ring (bicyclic) bond motifs is 2. The minimum atomic E-state index is -2.93. The molecule has 0 spiro atoms. The zero-order chi connectivity index (χ0) is 12.5. The number of unbranched alkanes of at least 4 members (excludes halogenated alkanes) is 1. The molecular formula is C12H17NO3S. The summed E-state index contributed by atoms with van der Waals surface area (Å²) in [6, 6.07) is 2.02. The minimum Gasteiger partial charge on any atom is -0.299 e. The molecule has 2 fully saturated rings. The third-order valence-electron chi connectivity index (χ3n) is 4.00. The summed E-state index contributed by atoms with van der Waals surface area (Å²) in [7, 11) is -2.93. The smallest absolute Gasteiger partial charge is 0.156 e. The summed E-state index contributed by atoms with van der Waals surface area (Å²) in [5, 5.41) is 7.87. The quantitative estimate of drug-likeness (QED) is 0.715. The first-order valence-electron chi connectivity index (χ1n) is 6.18. The van der Waals surface area contributed by atoms with Crippen molar-refractivity contribution < 1.29 is 13.2 Å². The lowest BCUT2D eigenvalue weighted by Gasteiger charge is -2.26. The highest BCUT2D eigenvalue weighted by molar-refractivity contribution is 7.93. The molecule has 2 bridgehead atoms. The average Bonchev–Trinajstić information content (AvgIpc) is 2.50. The van der Waals surface area contributed by atoms with E-state index < -0.39 is 9.84 Å². The van der Waals surface area contributed by atoms with Crippen molar-refractivity contribution >= 4 is 15.6 Å². The van der Waals surface area contributed by atoms with E-state index in [1.165, 1.54) is 0 Å². The van der Waals surface area contributed by atoms with Crippen LogP contribution in [0.1, 0.15) is 44.9 Å². The number of nitriles is 1. The van der Waals surface area contributed by atoms with E-state index in [0.717, 1.165) is 12.8 Å². The van der Waals surface area contributed by atoms with Crippen LogP contribution in [0.2, 0.25) is 0 Å². The van der Waals surface area contributed by atoms with Gasteiger partial charge in [0.2, 0.25) is 0 Å². The van der Waals surface area contributed by atoms with Gasteiger partial charge in [0.15, 0.2) is 9.84 Å². The number of carbonyl (C=O) groups excluding carboxylic acids is 1. The minimum absolute atomic E-state index is 0.0743. The SMILES string of the molecule is N#CCCCC(=O)C1CC2CCC(C1)S2(=O)=O. The maximum atomic E-state index is 11.9. The summed E-state index contributed by atoms with van der Waals surface area (Å²) in [6.07, 6.45) is 3.94. The van der Waals surface area contributed by atoms with Crippen molar-refractivity contribution in [2.75, 3.05) is 0 Å². The molecule has 2 unspecified atom stereocenters. The predicted molar refractivity (Wildman–Crippen MR) is 62.9 cm³/mol. The van der Waals surface area contributed by atoms with Crippen molar-refractivity contribution in [3.8, 4) is 6.07 Å². The molecule has 0 aromatic rings. The Morgan fingerprint density at radius 3 is 2.35 bits per heavy atom. The van der Waals surface area contributed by atoms with Crippen LogP contribution in [0, 0.1) is 17.2 Å². The highest BCUT2D eigenvalue weighted by atomic mass is 32.2. The van der Waals surface area contributed by atoms with Crippen molar-refractivity contribution in [3.05, 3.63) is 0 Å². The van der Waals surface area contributed by atoms with Gasteiger partial charge >= 0.3 is 0 Å². The fraction of sp³-hybridized carbons (Fsp3) is 0.833. The van der Waals surface area contributed by atoms with Crippen LogP contribution >= 0.6 is 0 Å². The lowest BCUT2D eigenvalue weighted by Crippen LogP contribution is -2.36. The summed E-state index contributed by atoms with van der Waals surface area (Å²) in [5.41, 5.74) is 0. The summed E-state index contributed by atoms with van der Waals surface area (Å²) >= 11 is 0. The molecule has 0 N–H and O–H groups in total. The summed E-state index contributed by atoms with van der Waals surface area (Å²) in [5.74, 6) is 0.0850. The van der Waals surface area contributed by atoms with Crippen LogP contribution in [0.4, 0.5) is 0 Å². The number of rotatable bonds is 4. The molecule has 0 aliphatic carbocycles. The van der Waals surface area contributed by atoms with E-state index in [1.807, 2.05) is 6.07 Å². The van der Waals surface area contributed by atoms with Crippen molar-refractivity contribution in [1.29, 1.82) is 5.26 Å². The second-order valence-electron chi connectivity index (χ2n) is 5.06. The van der Waals surface area contributed by atoms with E-state index in [2.05, 4.69) is 0 Å². The largest absolute Gasteiger partial charge is 0.299 e. The topological polar surface area (TPSA) is 75.0 Å². The van der Waals surface area contributed by atoms with Gasteiger partial charge in [-0.2, -0.15) is 5.26 Å². The first-order chi connectivity index (χ1) is 8.05. The Labute approximate surface area is 102 Å². The fourth-order valence-corrected chi connectivity index (χ4v) is 5.49. The number of hydrogen-bond donors (Lipinski definition) is 0. The Bertz CT molecular complexity index is 429. The van der Waals surface area contributed by atoms with Crippen molar-refractivity contribution in [1.82, 2.24) is 0 Å². The lowest BCUT2D eigenvalue weighted by molar-refractivity contribution is -0.123. The molecule has 94 valence electrons. The molecule has 0 aromatic carbocycles. The Morgan fingerprint density at radius 2 is 1.82 bits per heavy atom. The first-order valence-corrected chi connectivity index (χ1v) is 7.79. The highest BCUT2D eigenvalue weighted by Crippen LogP contribution is 2.41. The zero-order valence-corrected chi connectivity index (χ0v) is 10.6. The van der Waals surface area contributed by atoms with Crippen LogP contribution in [-0.2, 0) is 14.6 Å². The molecular weight excluding hydrogens is 238 g/mol. The highest BCUT2D eigenvalue weighted by Gasteiger charge is 2.48. The van der Waals surface area contributed by atoms with Crippen molar-refractivity contribution in [2.45, 2.75) is 55.4 Å². The van der Waals surface area contributed by atoms with Gasteiger partial charge in [0.05, 0.1) is 16.6 Å². The van der Waals surface area contributed by atoms with E-state index in [-0.39, 0.29) is 22.2 Å². The van der Waals surface area contributed by atoms with Crippen LogP contribution in [0.25, 0.3) is 0 Å². The molecule has 2 rings (SSSR count). The normalized spacial score (nSPS) is 34.2. The Hall–Kier alpha value is -0.890. The molecule has 0 aromatic heterocycles. The van der Waals surface area contributed by atoms with Gasteiger partial charge in [-0.15, -0.1) is 0 Å².